The zero-order valence-electron chi connectivity index (χ0n) is 10.8. The molecule has 0 aliphatic carbocycles. The molecule has 2 N–H and O–H groups in total. The largest absolute Gasteiger partial charge is 0.466 e. The average Bonchev–Trinajstić information content (AvgIpc) is 2.69. The van der Waals surface area contributed by atoms with Gasteiger partial charge in [-0.2, -0.15) is 0 Å². The van der Waals surface area contributed by atoms with E-state index in [9.17, 15) is 9.59 Å². The first-order valence-corrected chi connectivity index (χ1v) is 6.47. The Bertz CT molecular complexity index is 556. The second-order valence-corrected chi connectivity index (χ2v) is 5.07. The zero-order valence-corrected chi connectivity index (χ0v) is 10.8. The van der Waals surface area contributed by atoms with Crippen molar-refractivity contribution in [2.24, 2.45) is 0 Å². The van der Waals surface area contributed by atoms with Gasteiger partial charge in [0.15, 0.2) is 0 Å². The van der Waals surface area contributed by atoms with E-state index in [0.717, 1.165) is 16.9 Å². The number of carbonyl (C=O) groups is 2. The molecule has 19 heavy (non-hydrogen) atoms. The van der Waals surface area contributed by atoms with Gasteiger partial charge in [0, 0.05) is 35.3 Å². The van der Waals surface area contributed by atoms with Gasteiger partial charge in [0.25, 0.3) is 0 Å². The average molecular weight is 260 g/mol. The van der Waals surface area contributed by atoms with E-state index >= 15 is 0 Å². The lowest BCUT2D eigenvalue weighted by Gasteiger charge is -2.33. The van der Waals surface area contributed by atoms with E-state index in [0.29, 0.717) is 19.6 Å². The van der Waals surface area contributed by atoms with E-state index in [4.69, 9.17) is 4.74 Å². The number of anilines is 2. The molecule has 2 heterocycles. The van der Waals surface area contributed by atoms with Crippen molar-refractivity contribution in [3.63, 3.8) is 0 Å². The van der Waals surface area contributed by atoms with Gasteiger partial charge in [0.1, 0.15) is 0 Å². The van der Waals surface area contributed by atoms with Crippen LogP contribution in [0, 0.1) is 0 Å². The van der Waals surface area contributed by atoms with E-state index < -0.39 is 5.41 Å². The molecule has 0 saturated heterocycles. The number of carbonyl (C=O) groups excluding carboxylic acids is 2. The van der Waals surface area contributed by atoms with E-state index in [1.165, 1.54) is 0 Å². The van der Waals surface area contributed by atoms with Crippen molar-refractivity contribution in [1.82, 2.24) is 0 Å². The summed E-state index contributed by atoms with van der Waals surface area (Å²) in [5.74, 6) is -0.292. The van der Waals surface area contributed by atoms with Gasteiger partial charge in [-0.05, 0) is 19.1 Å². The summed E-state index contributed by atoms with van der Waals surface area (Å²) in [6.45, 7) is 2.75. The van der Waals surface area contributed by atoms with Crippen LogP contribution < -0.4 is 10.6 Å². The van der Waals surface area contributed by atoms with E-state index in [1.807, 2.05) is 18.2 Å². The second kappa shape index (κ2) is 4.26. The third-order valence-electron chi connectivity index (χ3n) is 3.77. The standard InChI is InChI=1S/C14H16N2O3/c1-2-19-12(18)7-14-6-11(17)16-10-5-3-4-9(13(10)14)15-8-14/h3-5,15H,2,6-8H2,1H3,(H,16,17). The SMILES string of the molecule is CCOC(=O)CC12CNc3cccc(c31)NC(=O)C2. The number of esters is 1. The predicted molar refractivity (Wildman–Crippen MR) is 71.1 cm³/mol. The van der Waals surface area contributed by atoms with Crippen LogP contribution in [0.15, 0.2) is 18.2 Å². The monoisotopic (exact) mass is 260 g/mol. The third kappa shape index (κ3) is 1.85. The Balaban J connectivity index is 2.02. The summed E-state index contributed by atoms with van der Waals surface area (Å²) in [7, 11) is 0. The van der Waals surface area contributed by atoms with Crippen molar-refractivity contribution in [2.75, 3.05) is 23.8 Å². The van der Waals surface area contributed by atoms with Crippen LogP contribution in [-0.4, -0.2) is 25.0 Å². The van der Waals surface area contributed by atoms with Crippen molar-refractivity contribution in [1.29, 1.82) is 0 Å². The molecule has 5 heteroatoms. The summed E-state index contributed by atoms with van der Waals surface area (Å²) in [5.41, 5.74) is 2.40. The molecule has 0 aromatic heterocycles. The highest BCUT2D eigenvalue weighted by Crippen LogP contribution is 2.48. The molecule has 2 aliphatic rings. The van der Waals surface area contributed by atoms with Gasteiger partial charge in [-0.15, -0.1) is 0 Å². The van der Waals surface area contributed by atoms with Gasteiger partial charge in [0.05, 0.1) is 13.0 Å². The molecule has 0 spiro atoms. The van der Waals surface area contributed by atoms with Crippen LogP contribution in [0.2, 0.25) is 0 Å². The summed E-state index contributed by atoms with van der Waals surface area (Å²) in [6, 6.07) is 5.75. The molecule has 1 amide bonds. The molecule has 0 radical (unpaired) electrons. The summed E-state index contributed by atoms with van der Waals surface area (Å²) < 4.78 is 5.05. The molecule has 5 nitrogen and oxygen atoms in total. The maximum atomic E-state index is 11.9. The quantitative estimate of drug-likeness (QED) is 0.811. The molecule has 1 atom stereocenters. The van der Waals surface area contributed by atoms with Gasteiger partial charge in [-0.3, -0.25) is 9.59 Å². The highest BCUT2D eigenvalue weighted by atomic mass is 16.5. The number of amides is 1. The van der Waals surface area contributed by atoms with Gasteiger partial charge in [-0.1, -0.05) is 6.07 Å². The number of hydrogen-bond donors (Lipinski definition) is 2. The van der Waals surface area contributed by atoms with E-state index in [1.54, 1.807) is 6.92 Å². The van der Waals surface area contributed by atoms with E-state index in [-0.39, 0.29) is 18.3 Å². The summed E-state index contributed by atoms with van der Waals surface area (Å²) >= 11 is 0. The van der Waals surface area contributed by atoms with Gasteiger partial charge < -0.3 is 15.4 Å². The Morgan fingerprint density at radius 1 is 1.42 bits per heavy atom. The van der Waals surface area contributed by atoms with Crippen LogP contribution in [-0.2, 0) is 19.7 Å². The van der Waals surface area contributed by atoms with Gasteiger partial charge in [-0.25, -0.2) is 0 Å². The summed E-state index contributed by atoms with van der Waals surface area (Å²) in [6.07, 6.45) is 0.564. The molecular weight excluding hydrogens is 244 g/mol. The van der Waals surface area contributed by atoms with Gasteiger partial charge >= 0.3 is 5.97 Å². The smallest absolute Gasteiger partial charge is 0.306 e. The Morgan fingerprint density at radius 2 is 2.21 bits per heavy atom. The van der Waals surface area contributed by atoms with Crippen molar-refractivity contribution in [2.45, 2.75) is 25.2 Å². The fourth-order valence-electron chi connectivity index (χ4n) is 3.08. The first-order valence-electron chi connectivity index (χ1n) is 6.47. The molecular formula is C14H16N2O3. The number of rotatable bonds is 3. The fraction of sp³-hybridized carbons (Fsp3) is 0.429. The van der Waals surface area contributed by atoms with Gasteiger partial charge in [0.2, 0.25) is 5.91 Å². The molecule has 3 rings (SSSR count). The van der Waals surface area contributed by atoms with Crippen molar-refractivity contribution in [3.05, 3.63) is 23.8 Å². The first-order chi connectivity index (χ1) is 9.14. The maximum Gasteiger partial charge on any atom is 0.306 e. The molecule has 1 unspecified atom stereocenters. The summed E-state index contributed by atoms with van der Waals surface area (Å²) in [4.78, 5) is 23.7. The zero-order chi connectivity index (χ0) is 13.5. The van der Waals surface area contributed by atoms with Crippen LogP contribution in [0.3, 0.4) is 0 Å². The van der Waals surface area contributed by atoms with E-state index in [2.05, 4.69) is 10.6 Å². The molecule has 1 aromatic carbocycles. The van der Waals surface area contributed by atoms with Crippen LogP contribution in [0.1, 0.15) is 25.3 Å². The minimum atomic E-state index is -0.458. The predicted octanol–water partition coefficient (Wildman–Crippen LogP) is 1.65. The number of hydrogen-bond acceptors (Lipinski definition) is 4. The minimum Gasteiger partial charge on any atom is -0.466 e. The van der Waals surface area contributed by atoms with Crippen LogP contribution >= 0.6 is 0 Å². The lowest BCUT2D eigenvalue weighted by Crippen LogP contribution is -2.40. The molecule has 100 valence electrons. The van der Waals surface area contributed by atoms with Crippen LogP contribution in [0.5, 0.6) is 0 Å². The lowest BCUT2D eigenvalue weighted by atomic mass is 9.73. The fourth-order valence-corrected chi connectivity index (χ4v) is 3.08. The number of benzene rings is 1. The lowest BCUT2D eigenvalue weighted by molar-refractivity contribution is -0.144. The molecule has 0 fully saturated rings. The van der Waals surface area contributed by atoms with Crippen molar-refractivity contribution in [3.8, 4) is 0 Å². The highest BCUT2D eigenvalue weighted by Gasteiger charge is 2.47. The third-order valence-corrected chi connectivity index (χ3v) is 3.77. The Labute approximate surface area is 111 Å². The second-order valence-electron chi connectivity index (χ2n) is 5.07. The number of nitrogens with one attached hydrogen (secondary N) is 2. The Kier molecular flexibility index (Phi) is 2.69. The normalized spacial score (nSPS) is 23.3. The highest BCUT2D eigenvalue weighted by molar-refractivity contribution is 5.99. The molecule has 1 aromatic rings. The van der Waals surface area contributed by atoms with Crippen LogP contribution in [0.25, 0.3) is 0 Å². The molecule has 0 saturated carbocycles. The Hall–Kier alpha value is -2.04. The minimum absolute atomic E-state index is 0.0438. The number of ether oxygens (including phenoxy) is 1. The van der Waals surface area contributed by atoms with Crippen molar-refractivity contribution < 1.29 is 14.3 Å². The molecule has 0 bridgehead atoms. The molecule has 2 aliphatic heterocycles. The first kappa shape index (κ1) is 12.0. The maximum absolute atomic E-state index is 11.9. The van der Waals surface area contributed by atoms with Crippen LogP contribution in [0.4, 0.5) is 11.4 Å². The Morgan fingerprint density at radius 3 is 3.00 bits per heavy atom. The summed E-state index contributed by atoms with van der Waals surface area (Å²) in [5, 5.41) is 6.16. The topological polar surface area (TPSA) is 67.4 Å². The van der Waals surface area contributed by atoms with Crippen molar-refractivity contribution >= 4 is 23.3 Å².